The molecule has 0 unspecified atom stereocenters. The van der Waals surface area contributed by atoms with Crippen LogP contribution in [0.1, 0.15) is 16.8 Å². The Bertz CT molecular complexity index is 837. The van der Waals surface area contributed by atoms with Crippen LogP contribution in [-0.2, 0) is 10.0 Å². The molecule has 0 aliphatic rings. The van der Waals surface area contributed by atoms with E-state index in [9.17, 15) is 13.5 Å². The van der Waals surface area contributed by atoms with Crippen molar-refractivity contribution in [3.8, 4) is 0 Å². The molecule has 0 aliphatic heterocycles. The first kappa shape index (κ1) is 20.1. The van der Waals surface area contributed by atoms with Crippen molar-refractivity contribution in [2.45, 2.75) is 6.92 Å². The molecule has 2 aromatic rings. The van der Waals surface area contributed by atoms with Crippen LogP contribution < -0.4 is 34.7 Å². The molecule has 0 saturated carbocycles. The van der Waals surface area contributed by atoms with Crippen molar-refractivity contribution in [1.29, 1.82) is 0 Å². The second-order valence-corrected chi connectivity index (χ2v) is 6.79. The second kappa shape index (κ2) is 8.75. The Labute approximate surface area is 165 Å². The molecule has 1 aromatic carbocycles. The summed E-state index contributed by atoms with van der Waals surface area (Å²) >= 11 is 3.23. The maximum Gasteiger partial charge on any atom is 1.00 e. The number of aryl methyl sites for hydroxylation is 1. The average Bonchev–Trinajstić information content (AvgIpc) is 2.45. The molecule has 0 spiro atoms. The van der Waals surface area contributed by atoms with E-state index in [1.54, 1.807) is 30.3 Å². The summed E-state index contributed by atoms with van der Waals surface area (Å²) in [6.45, 7) is 1.86. The summed E-state index contributed by atoms with van der Waals surface area (Å²) in [5.41, 5.74) is 1.60. The zero-order valence-electron chi connectivity index (χ0n) is 12.6. The third-order valence-electron chi connectivity index (χ3n) is 2.66. The van der Waals surface area contributed by atoms with Crippen molar-refractivity contribution < 1.29 is 43.1 Å². The summed E-state index contributed by atoms with van der Waals surface area (Å²) in [7, 11) is -4.02. The molecular weight excluding hydrogens is 391 g/mol. The molecule has 114 valence electrons. The standard InChI is InChI=1S/C15H13BrN2O3S.Na/c1-11-5-6-13(14(16)10-11)15(19)18-22(20,21)9-7-12-4-2-3-8-17-12;/h2-10H,1H3,(H,18,19);/q;+1/p-1/b9-7+;. The Hall–Kier alpha value is -0.990. The van der Waals surface area contributed by atoms with Crippen molar-refractivity contribution in [2.24, 2.45) is 4.40 Å². The summed E-state index contributed by atoms with van der Waals surface area (Å²) in [6.07, 6.45) is 2.83. The van der Waals surface area contributed by atoms with Gasteiger partial charge in [0, 0.05) is 22.1 Å². The molecule has 0 aliphatic carbocycles. The Kier molecular flexibility index (Phi) is 7.63. The fourth-order valence-corrected chi connectivity index (χ4v) is 2.98. The van der Waals surface area contributed by atoms with Crippen molar-refractivity contribution in [3.63, 3.8) is 0 Å². The van der Waals surface area contributed by atoms with Crippen LogP contribution >= 0.6 is 15.9 Å². The second-order valence-electron chi connectivity index (χ2n) is 4.45. The van der Waals surface area contributed by atoms with Gasteiger partial charge in [0.05, 0.1) is 11.1 Å². The van der Waals surface area contributed by atoms with E-state index in [1.807, 2.05) is 6.92 Å². The minimum atomic E-state index is -4.02. The van der Waals surface area contributed by atoms with E-state index in [1.165, 1.54) is 18.3 Å². The van der Waals surface area contributed by atoms with Crippen LogP contribution in [0.4, 0.5) is 0 Å². The van der Waals surface area contributed by atoms with E-state index in [0.29, 0.717) is 10.2 Å². The van der Waals surface area contributed by atoms with E-state index in [4.69, 9.17) is 0 Å². The van der Waals surface area contributed by atoms with Crippen molar-refractivity contribution in [2.75, 3.05) is 0 Å². The number of sulfonamides is 1. The number of hydrogen-bond acceptors (Lipinski definition) is 4. The molecule has 0 atom stereocenters. The van der Waals surface area contributed by atoms with E-state index in [-0.39, 0.29) is 35.1 Å². The van der Waals surface area contributed by atoms with Crippen LogP contribution in [0.3, 0.4) is 0 Å². The largest absolute Gasteiger partial charge is 1.00 e. The molecule has 8 heteroatoms. The molecule has 1 heterocycles. The molecule has 23 heavy (non-hydrogen) atoms. The van der Waals surface area contributed by atoms with Gasteiger partial charge in [0.15, 0.2) is 0 Å². The van der Waals surface area contributed by atoms with Gasteiger partial charge in [-0.2, -0.15) is 12.8 Å². The maximum atomic E-state index is 12.0. The van der Waals surface area contributed by atoms with E-state index < -0.39 is 15.9 Å². The molecular formula is C15H12BrN2NaO3S. The van der Waals surface area contributed by atoms with E-state index in [2.05, 4.69) is 25.3 Å². The van der Waals surface area contributed by atoms with Gasteiger partial charge in [-0.05, 0) is 36.8 Å². The molecule has 0 amide bonds. The molecule has 5 nitrogen and oxygen atoms in total. The van der Waals surface area contributed by atoms with Crippen molar-refractivity contribution >= 4 is 37.9 Å². The Morgan fingerprint density at radius 1 is 1.30 bits per heavy atom. The van der Waals surface area contributed by atoms with Gasteiger partial charge >= 0.3 is 29.6 Å². The molecule has 0 saturated heterocycles. The fraction of sp³-hybridized carbons (Fsp3) is 0.0667. The number of nitrogens with zero attached hydrogens (tertiary/aromatic N) is 2. The first-order chi connectivity index (χ1) is 10.4. The smallest absolute Gasteiger partial charge is 0.858 e. The van der Waals surface area contributed by atoms with Gasteiger partial charge in [-0.15, -0.1) is 0 Å². The first-order valence-electron chi connectivity index (χ1n) is 6.25. The van der Waals surface area contributed by atoms with Gasteiger partial charge in [0.1, 0.15) is 0 Å². The number of halogens is 1. The molecule has 1 aromatic heterocycles. The van der Waals surface area contributed by atoms with Gasteiger partial charge in [0.2, 0.25) is 0 Å². The number of aromatic nitrogens is 1. The molecule has 0 N–H and O–H groups in total. The predicted molar refractivity (Wildman–Crippen MR) is 87.6 cm³/mol. The average molecular weight is 403 g/mol. The fourth-order valence-electron chi connectivity index (χ4n) is 1.62. The maximum absolute atomic E-state index is 12.0. The third kappa shape index (κ3) is 6.19. The molecule has 0 radical (unpaired) electrons. The van der Waals surface area contributed by atoms with Crippen LogP contribution in [0.5, 0.6) is 0 Å². The Balaban J connectivity index is 0.00000264. The predicted octanol–water partition coefficient (Wildman–Crippen LogP) is -0.736. The molecule has 2 rings (SSSR count). The third-order valence-corrected chi connectivity index (χ3v) is 4.22. The molecule has 0 bridgehead atoms. The summed E-state index contributed by atoms with van der Waals surface area (Å²) in [5, 5.41) is 12.8. The van der Waals surface area contributed by atoms with Crippen LogP contribution in [0, 0.1) is 6.92 Å². The number of hydrogen-bond donors (Lipinski definition) is 0. The number of benzene rings is 1. The van der Waals surface area contributed by atoms with Crippen molar-refractivity contribution in [3.05, 3.63) is 69.3 Å². The normalized spacial score (nSPS) is 12.2. The summed E-state index contributed by atoms with van der Waals surface area (Å²) in [6, 6.07) is 10.1. The van der Waals surface area contributed by atoms with Gasteiger partial charge in [-0.3, -0.25) is 4.98 Å². The van der Waals surface area contributed by atoms with Crippen molar-refractivity contribution in [1.82, 2.24) is 4.98 Å². The SMILES string of the molecule is Cc1ccc(/C([O-])=N/S(=O)(=O)/C=C/c2ccccn2)c(Br)c1.[Na+]. The van der Waals surface area contributed by atoms with Gasteiger partial charge < -0.3 is 5.11 Å². The molecule has 0 fully saturated rings. The van der Waals surface area contributed by atoms with Gasteiger partial charge in [0.25, 0.3) is 10.0 Å². The summed E-state index contributed by atoms with van der Waals surface area (Å²) in [4.78, 5) is 3.96. The van der Waals surface area contributed by atoms with Gasteiger partial charge in [-0.1, -0.05) is 34.1 Å². The van der Waals surface area contributed by atoms with E-state index >= 15 is 0 Å². The zero-order valence-corrected chi connectivity index (χ0v) is 17.0. The summed E-state index contributed by atoms with van der Waals surface area (Å²) < 4.78 is 27.5. The number of pyridine rings is 1. The first-order valence-corrected chi connectivity index (χ1v) is 8.55. The minimum absolute atomic E-state index is 0. The Morgan fingerprint density at radius 2 is 2.04 bits per heavy atom. The van der Waals surface area contributed by atoms with Crippen LogP contribution in [-0.4, -0.2) is 19.3 Å². The number of rotatable bonds is 4. The topological polar surface area (TPSA) is 82.5 Å². The zero-order chi connectivity index (χ0) is 16.2. The Morgan fingerprint density at radius 3 is 2.65 bits per heavy atom. The monoisotopic (exact) mass is 402 g/mol. The summed E-state index contributed by atoms with van der Waals surface area (Å²) in [5.74, 6) is -0.822. The van der Waals surface area contributed by atoms with Crippen LogP contribution in [0.15, 0.2) is 56.9 Å². The van der Waals surface area contributed by atoms with Crippen LogP contribution in [0.2, 0.25) is 0 Å². The van der Waals surface area contributed by atoms with Gasteiger partial charge in [-0.25, -0.2) is 0 Å². The van der Waals surface area contributed by atoms with Crippen LogP contribution in [0.25, 0.3) is 6.08 Å². The minimum Gasteiger partial charge on any atom is -0.858 e. The van der Waals surface area contributed by atoms with E-state index in [0.717, 1.165) is 11.0 Å². The quantitative estimate of drug-likeness (QED) is 0.383.